The van der Waals surface area contributed by atoms with E-state index in [2.05, 4.69) is 32.7 Å². The molecule has 1 nitrogen and oxygen atoms in total. The van der Waals surface area contributed by atoms with E-state index in [1.807, 2.05) is 0 Å². The molecule has 0 radical (unpaired) electrons. The van der Waals surface area contributed by atoms with Gasteiger partial charge in [0, 0.05) is 6.04 Å². The Morgan fingerprint density at radius 1 is 1.33 bits per heavy atom. The highest BCUT2D eigenvalue weighted by atomic mass is 14.9. The van der Waals surface area contributed by atoms with Gasteiger partial charge in [-0.3, -0.25) is 0 Å². The molecule has 0 aromatic carbocycles. The third-order valence-corrected chi connectivity index (χ3v) is 2.20. The molecule has 0 aliphatic carbocycles. The molecule has 0 fully saturated rings. The van der Waals surface area contributed by atoms with Gasteiger partial charge in [-0.1, -0.05) is 39.3 Å². The zero-order valence-corrected chi connectivity index (χ0v) is 8.82. The van der Waals surface area contributed by atoms with E-state index in [4.69, 9.17) is 0 Å². The largest absolute Gasteiger partial charge is 0.311 e. The van der Waals surface area contributed by atoms with Crippen LogP contribution in [-0.2, 0) is 0 Å². The lowest BCUT2D eigenvalue weighted by Gasteiger charge is -2.18. The number of rotatable bonds is 7. The van der Waals surface area contributed by atoms with Crippen molar-refractivity contribution in [1.29, 1.82) is 0 Å². The Morgan fingerprint density at radius 2 is 2.00 bits per heavy atom. The summed E-state index contributed by atoms with van der Waals surface area (Å²) < 4.78 is 0. The molecule has 72 valence electrons. The van der Waals surface area contributed by atoms with E-state index in [-0.39, 0.29) is 0 Å². The summed E-state index contributed by atoms with van der Waals surface area (Å²) in [4.78, 5) is 0. The lowest BCUT2D eigenvalue weighted by molar-refractivity contribution is 0.551. The fourth-order valence-corrected chi connectivity index (χ4v) is 1.40. The fourth-order valence-electron chi connectivity index (χ4n) is 1.40. The van der Waals surface area contributed by atoms with Crippen molar-refractivity contribution in [3.63, 3.8) is 0 Å². The number of hydrogen-bond donors (Lipinski definition) is 1. The molecule has 0 bridgehead atoms. The molecule has 0 aromatic heterocycles. The molecule has 12 heavy (non-hydrogen) atoms. The van der Waals surface area contributed by atoms with Crippen LogP contribution in [0.2, 0.25) is 0 Å². The minimum Gasteiger partial charge on any atom is -0.311 e. The lowest BCUT2D eigenvalue weighted by atomic mass is 10.0. The number of nitrogens with one attached hydrogen (secondary N) is 1. The second kappa shape index (κ2) is 7.35. The second-order valence-corrected chi connectivity index (χ2v) is 3.28. The average molecular weight is 169 g/mol. The van der Waals surface area contributed by atoms with Gasteiger partial charge in [0.05, 0.1) is 0 Å². The zero-order chi connectivity index (χ0) is 9.40. The highest BCUT2D eigenvalue weighted by Crippen LogP contribution is 2.11. The number of unbranched alkanes of at least 4 members (excludes halogenated alkanes) is 1. The maximum atomic E-state index is 4.12. The first-order valence-electron chi connectivity index (χ1n) is 5.17. The summed E-state index contributed by atoms with van der Waals surface area (Å²) in [5.41, 5.74) is 1.38. The molecule has 0 aromatic rings. The van der Waals surface area contributed by atoms with Gasteiger partial charge < -0.3 is 5.32 Å². The van der Waals surface area contributed by atoms with Gasteiger partial charge in [-0.2, -0.15) is 0 Å². The van der Waals surface area contributed by atoms with E-state index < -0.39 is 0 Å². The minimum absolute atomic E-state index is 0.543. The van der Waals surface area contributed by atoms with Crippen molar-refractivity contribution >= 4 is 0 Å². The van der Waals surface area contributed by atoms with Crippen LogP contribution in [0.25, 0.3) is 0 Å². The van der Waals surface area contributed by atoms with Crippen molar-refractivity contribution in [1.82, 2.24) is 5.32 Å². The molecular formula is C11H23N. The summed E-state index contributed by atoms with van der Waals surface area (Å²) in [5, 5.41) is 3.44. The molecule has 1 N–H and O–H groups in total. The highest BCUT2D eigenvalue weighted by Gasteiger charge is 2.07. The minimum atomic E-state index is 0.543. The van der Waals surface area contributed by atoms with Crippen LogP contribution in [0.4, 0.5) is 0 Å². The number of likely N-dealkylation sites (N-methyl/N-ethyl adjacent to an activating group) is 1. The summed E-state index contributed by atoms with van der Waals surface area (Å²) in [5.74, 6) is 0. The SMILES string of the molecule is C=C(CCCC)[C@H](CC)NCC. The zero-order valence-electron chi connectivity index (χ0n) is 8.82. The van der Waals surface area contributed by atoms with Gasteiger partial charge in [0.15, 0.2) is 0 Å². The van der Waals surface area contributed by atoms with Crippen molar-refractivity contribution < 1.29 is 0 Å². The summed E-state index contributed by atoms with van der Waals surface area (Å²) in [6, 6.07) is 0.543. The van der Waals surface area contributed by atoms with Crippen LogP contribution in [0.3, 0.4) is 0 Å². The first-order chi connectivity index (χ1) is 5.76. The van der Waals surface area contributed by atoms with Gasteiger partial charge in [0.2, 0.25) is 0 Å². The Morgan fingerprint density at radius 3 is 2.42 bits per heavy atom. The molecule has 0 aliphatic heterocycles. The van der Waals surface area contributed by atoms with Crippen molar-refractivity contribution in [2.75, 3.05) is 6.54 Å². The Balaban J connectivity index is 3.69. The van der Waals surface area contributed by atoms with Gasteiger partial charge in [0.1, 0.15) is 0 Å². The smallest absolute Gasteiger partial charge is 0.0274 e. The van der Waals surface area contributed by atoms with E-state index in [0.29, 0.717) is 6.04 Å². The Hall–Kier alpha value is -0.300. The van der Waals surface area contributed by atoms with Crippen LogP contribution in [0, 0.1) is 0 Å². The first kappa shape index (κ1) is 11.7. The van der Waals surface area contributed by atoms with E-state index in [1.54, 1.807) is 0 Å². The molecule has 0 rings (SSSR count). The van der Waals surface area contributed by atoms with Crippen molar-refractivity contribution in [3.8, 4) is 0 Å². The fraction of sp³-hybridized carbons (Fsp3) is 0.818. The van der Waals surface area contributed by atoms with E-state index >= 15 is 0 Å². The molecular weight excluding hydrogens is 146 g/mol. The molecule has 0 heterocycles. The standard InChI is InChI=1S/C11H23N/c1-5-8-9-10(4)11(6-2)12-7-3/h11-12H,4-9H2,1-3H3/t11-/m0/s1. The van der Waals surface area contributed by atoms with Crippen LogP contribution in [0.5, 0.6) is 0 Å². The Labute approximate surface area is 77.2 Å². The van der Waals surface area contributed by atoms with Gasteiger partial charge in [0.25, 0.3) is 0 Å². The van der Waals surface area contributed by atoms with E-state index in [0.717, 1.165) is 13.0 Å². The van der Waals surface area contributed by atoms with Crippen molar-refractivity contribution in [3.05, 3.63) is 12.2 Å². The average Bonchev–Trinajstić information content (AvgIpc) is 2.10. The topological polar surface area (TPSA) is 12.0 Å². The molecule has 0 saturated heterocycles. The van der Waals surface area contributed by atoms with Crippen LogP contribution < -0.4 is 5.32 Å². The van der Waals surface area contributed by atoms with Crippen LogP contribution in [0.1, 0.15) is 46.5 Å². The third kappa shape index (κ3) is 4.55. The molecule has 1 heteroatoms. The maximum Gasteiger partial charge on any atom is 0.0274 e. The van der Waals surface area contributed by atoms with Crippen molar-refractivity contribution in [2.24, 2.45) is 0 Å². The summed E-state index contributed by atoms with van der Waals surface area (Å²) >= 11 is 0. The van der Waals surface area contributed by atoms with Gasteiger partial charge in [-0.25, -0.2) is 0 Å². The van der Waals surface area contributed by atoms with Gasteiger partial charge in [-0.15, -0.1) is 0 Å². The molecule has 0 amide bonds. The summed E-state index contributed by atoms with van der Waals surface area (Å²) in [7, 11) is 0. The second-order valence-electron chi connectivity index (χ2n) is 3.28. The number of hydrogen-bond acceptors (Lipinski definition) is 1. The molecule has 0 unspecified atom stereocenters. The monoisotopic (exact) mass is 169 g/mol. The van der Waals surface area contributed by atoms with Crippen LogP contribution in [0.15, 0.2) is 12.2 Å². The first-order valence-corrected chi connectivity index (χ1v) is 5.17. The van der Waals surface area contributed by atoms with Gasteiger partial charge in [-0.05, 0) is 25.8 Å². The summed E-state index contributed by atoms with van der Waals surface area (Å²) in [6.45, 7) is 11.7. The van der Waals surface area contributed by atoms with Crippen LogP contribution in [-0.4, -0.2) is 12.6 Å². The quantitative estimate of drug-likeness (QED) is 0.577. The van der Waals surface area contributed by atoms with Crippen LogP contribution >= 0.6 is 0 Å². The lowest BCUT2D eigenvalue weighted by Crippen LogP contribution is -2.29. The van der Waals surface area contributed by atoms with Gasteiger partial charge >= 0.3 is 0 Å². The van der Waals surface area contributed by atoms with E-state index in [1.165, 1.54) is 24.8 Å². The Kier molecular flexibility index (Phi) is 7.17. The summed E-state index contributed by atoms with van der Waals surface area (Å²) in [6.07, 6.45) is 4.89. The van der Waals surface area contributed by atoms with Crippen molar-refractivity contribution in [2.45, 2.75) is 52.5 Å². The predicted octanol–water partition coefficient (Wildman–Crippen LogP) is 3.12. The Bertz CT molecular complexity index is 118. The molecule has 0 saturated carbocycles. The molecule has 0 aliphatic rings. The molecule has 1 atom stereocenters. The highest BCUT2D eigenvalue weighted by molar-refractivity contribution is 5.04. The molecule has 0 spiro atoms. The third-order valence-electron chi connectivity index (χ3n) is 2.20. The predicted molar refractivity (Wildman–Crippen MR) is 56.4 cm³/mol. The maximum absolute atomic E-state index is 4.12. The normalized spacial score (nSPS) is 12.9. The van der Waals surface area contributed by atoms with E-state index in [9.17, 15) is 0 Å².